The van der Waals surface area contributed by atoms with Crippen LogP contribution < -0.4 is 0 Å². The lowest BCUT2D eigenvalue weighted by Crippen LogP contribution is -2.03. The Morgan fingerprint density at radius 1 is 0.544 bits per heavy atom. The minimum absolute atomic E-state index is 0.913. The molecule has 0 atom stereocenters. The Morgan fingerprint density at radius 3 is 1.82 bits per heavy atom. The number of imidazole rings is 1. The maximum absolute atomic E-state index is 5.17. The van der Waals surface area contributed by atoms with Crippen LogP contribution in [0, 0.1) is 0 Å². The highest BCUT2D eigenvalue weighted by atomic mass is 15.1. The van der Waals surface area contributed by atoms with Crippen molar-refractivity contribution in [3.8, 4) is 61.6 Å². The van der Waals surface area contributed by atoms with Crippen LogP contribution in [0.1, 0.15) is 24.0 Å². The topological polar surface area (TPSA) is 17.8 Å². The molecule has 8 aromatic rings. The van der Waals surface area contributed by atoms with Crippen LogP contribution in [0.25, 0.3) is 83.8 Å². The number of para-hydroxylation sites is 3. The van der Waals surface area contributed by atoms with Crippen LogP contribution in [0.3, 0.4) is 0 Å². The van der Waals surface area contributed by atoms with E-state index in [1.54, 1.807) is 0 Å². The standard InChI is InChI=1S/C55H42N2/c1-3-21-39(4-2)54-52(41-24-11-6-12-25-41)48(40-22-9-5-10-23-40)38-49(53(54)42-26-13-7-14-27-42)45-30-19-28-43(36-45)44-29-20-31-46(37-44)55-56-50-34-17-18-35-51(50)57(55)47-32-15-8-16-33-47/h3-5,7-11,13-38H,1-2,6,12H2/b39-21+. The quantitative estimate of drug-likeness (QED) is 0.128. The number of aromatic nitrogens is 2. The first-order valence-electron chi connectivity index (χ1n) is 19.6. The molecule has 0 N–H and O–H groups in total. The molecule has 2 heteroatoms. The third-order valence-corrected chi connectivity index (χ3v) is 10.8. The summed E-state index contributed by atoms with van der Waals surface area (Å²) in [4.78, 5) is 5.17. The minimum atomic E-state index is 0.913. The summed E-state index contributed by atoms with van der Waals surface area (Å²) in [6.45, 7) is 8.48. The lowest BCUT2D eigenvalue weighted by Gasteiger charge is -2.26. The van der Waals surface area contributed by atoms with Crippen molar-refractivity contribution in [1.82, 2.24) is 9.55 Å². The summed E-state index contributed by atoms with van der Waals surface area (Å²) in [5.41, 5.74) is 18.0. The van der Waals surface area contributed by atoms with E-state index >= 15 is 0 Å². The molecule has 1 heterocycles. The van der Waals surface area contributed by atoms with Gasteiger partial charge in [0, 0.05) is 11.3 Å². The maximum Gasteiger partial charge on any atom is 0.145 e. The van der Waals surface area contributed by atoms with Crippen LogP contribution in [0.4, 0.5) is 0 Å². The van der Waals surface area contributed by atoms with Crippen molar-refractivity contribution in [1.29, 1.82) is 0 Å². The molecular weight excluding hydrogens is 689 g/mol. The smallest absolute Gasteiger partial charge is 0.145 e. The number of allylic oxidation sites excluding steroid dienone is 8. The second-order valence-electron chi connectivity index (χ2n) is 14.3. The Bertz CT molecular complexity index is 2850. The van der Waals surface area contributed by atoms with Crippen molar-refractivity contribution < 1.29 is 0 Å². The van der Waals surface area contributed by atoms with Crippen LogP contribution in [-0.4, -0.2) is 9.55 Å². The van der Waals surface area contributed by atoms with E-state index in [0.717, 1.165) is 79.9 Å². The van der Waals surface area contributed by atoms with Crippen LogP contribution >= 0.6 is 0 Å². The van der Waals surface area contributed by atoms with Gasteiger partial charge >= 0.3 is 0 Å². The SMILES string of the molecule is C=C/C=C(\C=C)c1c(C2=CCCC=C2)c(-c2ccccc2)cc(-c2cccc(-c3cccc(-c4nc5ccccc5n4-c4ccccc4)c3)c2)c1-c1ccccc1. The summed E-state index contributed by atoms with van der Waals surface area (Å²) < 4.78 is 2.26. The Balaban J connectivity index is 1.28. The van der Waals surface area contributed by atoms with Crippen molar-refractivity contribution in [2.45, 2.75) is 12.8 Å². The zero-order valence-corrected chi connectivity index (χ0v) is 31.9. The van der Waals surface area contributed by atoms with Gasteiger partial charge in [0.25, 0.3) is 0 Å². The van der Waals surface area contributed by atoms with Crippen LogP contribution in [0.2, 0.25) is 0 Å². The van der Waals surface area contributed by atoms with Crippen molar-refractivity contribution in [3.63, 3.8) is 0 Å². The van der Waals surface area contributed by atoms with E-state index in [0.29, 0.717) is 0 Å². The van der Waals surface area contributed by atoms with E-state index < -0.39 is 0 Å². The molecular formula is C55H42N2. The lowest BCUT2D eigenvalue weighted by atomic mass is 9.77. The number of rotatable bonds is 10. The molecule has 0 aliphatic heterocycles. The highest BCUT2D eigenvalue weighted by Crippen LogP contribution is 2.48. The molecule has 0 spiro atoms. The van der Waals surface area contributed by atoms with Gasteiger partial charge in [-0.2, -0.15) is 0 Å². The van der Waals surface area contributed by atoms with Gasteiger partial charge in [-0.3, -0.25) is 4.57 Å². The Morgan fingerprint density at radius 2 is 1.14 bits per heavy atom. The molecule has 0 saturated carbocycles. The predicted molar refractivity (Wildman–Crippen MR) is 243 cm³/mol. The summed E-state index contributed by atoms with van der Waals surface area (Å²) >= 11 is 0. The summed E-state index contributed by atoms with van der Waals surface area (Å²) in [6.07, 6.45) is 14.9. The van der Waals surface area contributed by atoms with Gasteiger partial charge in [0.2, 0.25) is 0 Å². The van der Waals surface area contributed by atoms with Gasteiger partial charge < -0.3 is 0 Å². The average molecular weight is 731 g/mol. The first kappa shape index (κ1) is 35.4. The van der Waals surface area contributed by atoms with E-state index in [-0.39, 0.29) is 0 Å². The molecule has 1 aliphatic carbocycles. The fourth-order valence-corrected chi connectivity index (χ4v) is 8.19. The second kappa shape index (κ2) is 15.8. The van der Waals surface area contributed by atoms with E-state index in [1.807, 2.05) is 12.2 Å². The van der Waals surface area contributed by atoms with Gasteiger partial charge in [0.05, 0.1) is 11.0 Å². The Hall–Kier alpha value is -7.29. The van der Waals surface area contributed by atoms with Crippen molar-refractivity contribution in [3.05, 3.63) is 231 Å². The zero-order valence-electron chi connectivity index (χ0n) is 31.9. The Kier molecular flexibility index (Phi) is 9.83. The Labute approximate surface area is 335 Å². The molecule has 0 unspecified atom stereocenters. The van der Waals surface area contributed by atoms with Gasteiger partial charge in [-0.1, -0.05) is 177 Å². The summed E-state index contributed by atoms with van der Waals surface area (Å²) in [7, 11) is 0. The second-order valence-corrected chi connectivity index (χ2v) is 14.3. The van der Waals surface area contributed by atoms with Gasteiger partial charge in [-0.25, -0.2) is 4.98 Å². The first-order valence-corrected chi connectivity index (χ1v) is 19.6. The molecule has 7 aromatic carbocycles. The average Bonchev–Trinajstić information content (AvgIpc) is 3.69. The van der Waals surface area contributed by atoms with Crippen LogP contribution in [0.15, 0.2) is 219 Å². The fourth-order valence-electron chi connectivity index (χ4n) is 8.19. The normalized spacial score (nSPS) is 12.7. The van der Waals surface area contributed by atoms with E-state index in [2.05, 4.69) is 212 Å². The largest absolute Gasteiger partial charge is 0.292 e. The molecule has 57 heavy (non-hydrogen) atoms. The van der Waals surface area contributed by atoms with Gasteiger partial charge in [0.1, 0.15) is 5.82 Å². The summed E-state index contributed by atoms with van der Waals surface area (Å²) in [5, 5.41) is 0. The van der Waals surface area contributed by atoms with E-state index in [9.17, 15) is 0 Å². The zero-order chi connectivity index (χ0) is 38.6. The highest BCUT2D eigenvalue weighted by molar-refractivity contribution is 6.05. The number of fused-ring (bicyclic) bond motifs is 1. The molecule has 0 amide bonds. The molecule has 2 nitrogen and oxygen atoms in total. The monoisotopic (exact) mass is 730 g/mol. The minimum Gasteiger partial charge on any atom is -0.292 e. The predicted octanol–water partition coefficient (Wildman–Crippen LogP) is 14.8. The number of hydrogen-bond acceptors (Lipinski definition) is 1. The van der Waals surface area contributed by atoms with E-state index in [4.69, 9.17) is 4.98 Å². The summed E-state index contributed by atoms with van der Waals surface area (Å²) in [6, 6.07) is 60.6. The maximum atomic E-state index is 5.17. The van der Waals surface area contributed by atoms with Gasteiger partial charge in [-0.05, 0) is 122 Å². The summed E-state index contributed by atoms with van der Waals surface area (Å²) in [5.74, 6) is 0.913. The van der Waals surface area contributed by atoms with Gasteiger partial charge in [0.15, 0.2) is 0 Å². The molecule has 0 bridgehead atoms. The van der Waals surface area contributed by atoms with E-state index in [1.165, 1.54) is 27.8 Å². The molecule has 1 aliphatic rings. The molecule has 272 valence electrons. The van der Waals surface area contributed by atoms with Crippen molar-refractivity contribution >= 4 is 22.2 Å². The molecule has 1 aromatic heterocycles. The molecule has 0 saturated heterocycles. The number of benzene rings is 7. The van der Waals surface area contributed by atoms with Crippen LogP contribution in [0.5, 0.6) is 0 Å². The van der Waals surface area contributed by atoms with Crippen molar-refractivity contribution in [2.24, 2.45) is 0 Å². The number of nitrogens with zero attached hydrogens (tertiary/aromatic N) is 2. The van der Waals surface area contributed by atoms with Gasteiger partial charge in [-0.15, -0.1) is 0 Å². The molecule has 0 fully saturated rings. The highest BCUT2D eigenvalue weighted by Gasteiger charge is 2.25. The first-order chi connectivity index (χ1) is 28.2. The molecule has 9 rings (SSSR count). The lowest BCUT2D eigenvalue weighted by molar-refractivity contribution is 1.04. The number of hydrogen-bond donors (Lipinski definition) is 0. The van der Waals surface area contributed by atoms with Crippen molar-refractivity contribution in [2.75, 3.05) is 0 Å². The molecule has 0 radical (unpaired) electrons. The fraction of sp³-hybridized carbons (Fsp3) is 0.0364. The third kappa shape index (κ3) is 6.83. The third-order valence-electron chi connectivity index (χ3n) is 10.8. The van der Waals surface area contributed by atoms with Crippen LogP contribution in [-0.2, 0) is 0 Å².